The van der Waals surface area contributed by atoms with Crippen molar-refractivity contribution in [2.24, 2.45) is 0 Å². The van der Waals surface area contributed by atoms with Crippen LogP contribution >= 0.6 is 0 Å². The van der Waals surface area contributed by atoms with Gasteiger partial charge in [-0.05, 0) is 25.0 Å². The molecule has 2 amide bonds. The second kappa shape index (κ2) is 4.90. The summed E-state index contributed by atoms with van der Waals surface area (Å²) in [6, 6.07) is 2.80. The third kappa shape index (κ3) is 2.77. The Labute approximate surface area is 98.2 Å². The average molecular weight is 238 g/mol. The Hall–Kier alpha value is -1.98. The van der Waals surface area contributed by atoms with Crippen LogP contribution in [0.2, 0.25) is 0 Å². The number of carbonyl (C=O) groups is 2. The fraction of sp³-hybridized carbons (Fsp3) is 0.455. The van der Waals surface area contributed by atoms with Gasteiger partial charge in [-0.1, -0.05) is 0 Å². The van der Waals surface area contributed by atoms with E-state index in [0.29, 0.717) is 5.76 Å². The Morgan fingerprint density at radius 3 is 2.65 bits per heavy atom. The van der Waals surface area contributed by atoms with Crippen molar-refractivity contribution in [3.8, 4) is 0 Å². The minimum atomic E-state index is -1.11. The van der Waals surface area contributed by atoms with Gasteiger partial charge in [0.25, 0.3) is 0 Å². The largest absolute Gasteiger partial charge is 0.475 e. The molecule has 0 bridgehead atoms. The molecule has 1 saturated heterocycles. The summed E-state index contributed by atoms with van der Waals surface area (Å²) >= 11 is 0. The second-order valence-electron chi connectivity index (χ2n) is 3.92. The van der Waals surface area contributed by atoms with Crippen LogP contribution in [0.5, 0.6) is 0 Å². The van der Waals surface area contributed by atoms with E-state index in [-0.39, 0.29) is 18.3 Å². The fourth-order valence-corrected chi connectivity index (χ4v) is 1.78. The van der Waals surface area contributed by atoms with E-state index in [2.05, 4.69) is 5.32 Å². The van der Waals surface area contributed by atoms with Gasteiger partial charge in [-0.25, -0.2) is 9.59 Å². The molecular weight excluding hydrogens is 224 g/mol. The lowest BCUT2D eigenvalue weighted by molar-refractivity contribution is 0.0660. The van der Waals surface area contributed by atoms with Gasteiger partial charge in [0.1, 0.15) is 5.76 Å². The van der Waals surface area contributed by atoms with Gasteiger partial charge in [-0.2, -0.15) is 0 Å². The number of urea groups is 1. The molecule has 1 aromatic heterocycles. The molecule has 1 aromatic rings. The summed E-state index contributed by atoms with van der Waals surface area (Å²) < 4.78 is 5.03. The molecule has 0 aliphatic carbocycles. The minimum Gasteiger partial charge on any atom is -0.475 e. The van der Waals surface area contributed by atoms with Gasteiger partial charge in [0.2, 0.25) is 5.76 Å². The molecule has 2 heterocycles. The minimum absolute atomic E-state index is 0.115. The van der Waals surface area contributed by atoms with E-state index in [9.17, 15) is 9.59 Å². The molecule has 6 nitrogen and oxygen atoms in total. The number of hydrogen-bond acceptors (Lipinski definition) is 3. The highest BCUT2D eigenvalue weighted by atomic mass is 16.4. The van der Waals surface area contributed by atoms with Gasteiger partial charge in [0.15, 0.2) is 0 Å². The zero-order valence-electron chi connectivity index (χ0n) is 9.31. The maximum absolute atomic E-state index is 11.6. The zero-order valence-corrected chi connectivity index (χ0v) is 9.31. The lowest BCUT2D eigenvalue weighted by atomic mass is 10.4. The van der Waals surface area contributed by atoms with Crippen LogP contribution in [0.1, 0.15) is 29.2 Å². The first kappa shape index (κ1) is 11.5. The van der Waals surface area contributed by atoms with Crippen molar-refractivity contribution in [2.75, 3.05) is 13.1 Å². The predicted octanol–water partition coefficient (Wildman–Crippen LogP) is 1.28. The summed E-state index contributed by atoms with van der Waals surface area (Å²) in [5, 5.41) is 11.4. The Morgan fingerprint density at radius 2 is 2.06 bits per heavy atom. The smallest absolute Gasteiger partial charge is 0.371 e. The SMILES string of the molecule is O=C(O)c1ccc(CNC(=O)N2CCCC2)o1. The van der Waals surface area contributed by atoms with E-state index in [0.717, 1.165) is 25.9 Å². The first-order chi connectivity index (χ1) is 8.16. The van der Waals surface area contributed by atoms with Crippen LogP contribution in [0.15, 0.2) is 16.5 Å². The molecule has 0 spiro atoms. The number of nitrogens with one attached hydrogen (secondary N) is 1. The molecule has 0 unspecified atom stereocenters. The highest BCUT2D eigenvalue weighted by Gasteiger charge is 2.17. The van der Waals surface area contributed by atoms with Crippen molar-refractivity contribution in [3.05, 3.63) is 23.7 Å². The maximum Gasteiger partial charge on any atom is 0.371 e. The molecule has 1 aliphatic rings. The molecule has 0 saturated carbocycles. The number of amides is 2. The molecule has 6 heteroatoms. The third-order valence-electron chi connectivity index (χ3n) is 2.68. The van der Waals surface area contributed by atoms with Crippen LogP contribution in [-0.4, -0.2) is 35.1 Å². The number of carboxylic acids is 1. The van der Waals surface area contributed by atoms with Gasteiger partial charge >= 0.3 is 12.0 Å². The molecule has 2 rings (SSSR count). The molecule has 92 valence electrons. The predicted molar refractivity (Wildman–Crippen MR) is 58.7 cm³/mol. The van der Waals surface area contributed by atoms with E-state index in [1.54, 1.807) is 11.0 Å². The van der Waals surface area contributed by atoms with Crippen molar-refractivity contribution < 1.29 is 19.1 Å². The van der Waals surface area contributed by atoms with Crippen LogP contribution in [0.25, 0.3) is 0 Å². The summed E-state index contributed by atoms with van der Waals surface area (Å²) in [6.45, 7) is 1.78. The van der Waals surface area contributed by atoms with Crippen molar-refractivity contribution in [2.45, 2.75) is 19.4 Å². The summed E-state index contributed by atoms with van der Waals surface area (Å²) in [7, 11) is 0. The van der Waals surface area contributed by atoms with Crippen LogP contribution in [0, 0.1) is 0 Å². The quantitative estimate of drug-likeness (QED) is 0.831. The molecule has 0 radical (unpaired) electrons. The van der Waals surface area contributed by atoms with E-state index in [1.807, 2.05) is 0 Å². The molecule has 1 fully saturated rings. The van der Waals surface area contributed by atoms with E-state index < -0.39 is 5.97 Å². The summed E-state index contributed by atoms with van der Waals surface area (Å²) in [4.78, 5) is 23.9. The van der Waals surface area contributed by atoms with Crippen LogP contribution in [-0.2, 0) is 6.54 Å². The van der Waals surface area contributed by atoms with Crippen LogP contribution in [0.4, 0.5) is 4.79 Å². The lowest BCUT2D eigenvalue weighted by Crippen LogP contribution is -2.37. The van der Waals surface area contributed by atoms with Gasteiger partial charge < -0.3 is 19.7 Å². The van der Waals surface area contributed by atoms with Crippen molar-refractivity contribution in [1.29, 1.82) is 0 Å². The molecule has 1 aliphatic heterocycles. The molecule has 0 atom stereocenters. The standard InChI is InChI=1S/C11H14N2O4/c14-10(15)9-4-3-8(17-9)7-12-11(16)13-5-1-2-6-13/h3-4H,1-2,5-7H2,(H,12,16)(H,14,15). The summed E-state index contributed by atoms with van der Waals surface area (Å²) in [5.74, 6) is -0.785. The average Bonchev–Trinajstić information content (AvgIpc) is 2.97. The first-order valence-corrected chi connectivity index (χ1v) is 5.51. The molecule has 0 aromatic carbocycles. The summed E-state index contributed by atoms with van der Waals surface area (Å²) in [6.07, 6.45) is 2.08. The Morgan fingerprint density at radius 1 is 1.35 bits per heavy atom. The Balaban J connectivity index is 1.84. The number of likely N-dealkylation sites (tertiary alicyclic amines) is 1. The van der Waals surface area contributed by atoms with Crippen molar-refractivity contribution >= 4 is 12.0 Å². The van der Waals surface area contributed by atoms with Gasteiger partial charge in [-0.15, -0.1) is 0 Å². The summed E-state index contributed by atoms with van der Waals surface area (Å²) in [5.41, 5.74) is 0. The van der Waals surface area contributed by atoms with Crippen LogP contribution in [0.3, 0.4) is 0 Å². The molecule has 17 heavy (non-hydrogen) atoms. The topological polar surface area (TPSA) is 82.8 Å². The highest BCUT2D eigenvalue weighted by molar-refractivity contribution is 5.84. The monoisotopic (exact) mass is 238 g/mol. The first-order valence-electron chi connectivity index (χ1n) is 5.51. The lowest BCUT2D eigenvalue weighted by Gasteiger charge is -2.15. The van der Waals surface area contributed by atoms with E-state index >= 15 is 0 Å². The number of carbonyl (C=O) groups excluding carboxylic acids is 1. The number of carboxylic acid groups (broad SMARTS) is 1. The van der Waals surface area contributed by atoms with Crippen molar-refractivity contribution in [3.63, 3.8) is 0 Å². The number of hydrogen-bond donors (Lipinski definition) is 2. The zero-order chi connectivity index (χ0) is 12.3. The van der Waals surface area contributed by atoms with Gasteiger partial charge in [-0.3, -0.25) is 0 Å². The number of rotatable bonds is 3. The third-order valence-corrected chi connectivity index (χ3v) is 2.68. The fourth-order valence-electron chi connectivity index (χ4n) is 1.78. The molecule has 2 N–H and O–H groups in total. The Kier molecular flexibility index (Phi) is 3.32. The number of furan rings is 1. The molecular formula is C11H14N2O4. The number of aromatic carboxylic acids is 1. The Bertz CT molecular complexity index is 421. The van der Waals surface area contributed by atoms with Crippen molar-refractivity contribution in [1.82, 2.24) is 10.2 Å². The van der Waals surface area contributed by atoms with Crippen LogP contribution < -0.4 is 5.32 Å². The number of nitrogens with zero attached hydrogens (tertiary/aromatic N) is 1. The highest BCUT2D eigenvalue weighted by Crippen LogP contribution is 2.09. The second-order valence-corrected chi connectivity index (χ2v) is 3.92. The normalized spacial score (nSPS) is 14.9. The maximum atomic E-state index is 11.6. The van der Waals surface area contributed by atoms with Gasteiger partial charge in [0.05, 0.1) is 6.54 Å². The van der Waals surface area contributed by atoms with E-state index in [4.69, 9.17) is 9.52 Å². The van der Waals surface area contributed by atoms with Gasteiger partial charge in [0, 0.05) is 13.1 Å². The van der Waals surface area contributed by atoms with E-state index in [1.165, 1.54) is 6.07 Å².